The molecule has 1 heterocycles. The monoisotopic (exact) mass is 508 g/mol. The number of nitrogens with one attached hydrogen (secondary N) is 2. The number of hydrogen-bond acceptors (Lipinski definition) is 5. The van der Waals surface area contributed by atoms with Crippen LogP contribution < -0.4 is 15.5 Å². The van der Waals surface area contributed by atoms with E-state index in [9.17, 15) is 18.0 Å². The molecule has 0 aromatic carbocycles. The Balaban J connectivity index is 0.00000625. The van der Waals surface area contributed by atoms with E-state index in [1.54, 1.807) is 0 Å². The van der Waals surface area contributed by atoms with Crippen molar-refractivity contribution in [1.29, 1.82) is 0 Å². The van der Waals surface area contributed by atoms with E-state index in [2.05, 4.69) is 20.6 Å². The fourth-order valence-electron chi connectivity index (χ4n) is 1.73. The molecule has 1 aromatic rings. The zero-order valence-electron chi connectivity index (χ0n) is 15.1. The summed E-state index contributed by atoms with van der Waals surface area (Å²) in [5.74, 6) is -0.331. The number of nitrogens with zero attached hydrogens (tertiary/aromatic N) is 4. The normalized spacial score (nSPS) is 11.6. The molecule has 0 unspecified atom stereocenters. The molecule has 1 aromatic heterocycles. The topological polar surface area (TPSA) is 72.9 Å². The molecule has 7 nitrogen and oxygen atoms in total. The van der Waals surface area contributed by atoms with E-state index in [0.29, 0.717) is 23.9 Å². The summed E-state index contributed by atoms with van der Waals surface area (Å²) in [6.45, 7) is 1.14. The number of amides is 1. The molecule has 12 heteroatoms. The third-order valence-corrected chi connectivity index (χ3v) is 3.97. The van der Waals surface area contributed by atoms with E-state index in [4.69, 9.17) is 0 Å². The first kappa shape index (κ1) is 24.7. The highest BCUT2D eigenvalue weighted by atomic mass is 127. The first-order chi connectivity index (χ1) is 11.6. The highest BCUT2D eigenvalue weighted by molar-refractivity contribution is 14.0. The van der Waals surface area contributed by atoms with E-state index < -0.39 is 18.6 Å². The Morgan fingerprint density at radius 3 is 2.46 bits per heavy atom. The van der Waals surface area contributed by atoms with Crippen LogP contribution in [0.25, 0.3) is 0 Å². The van der Waals surface area contributed by atoms with Gasteiger partial charge in [0.05, 0.1) is 18.8 Å². The molecule has 0 saturated carbocycles. The van der Waals surface area contributed by atoms with Crippen molar-refractivity contribution in [1.82, 2.24) is 20.5 Å². The number of thiazole rings is 1. The van der Waals surface area contributed by atoms with Crippen molar-refractivity contribution in [2.24, 2.45) is 4.99 Å². The number of halogens is 4. The van der Waals surface area contributed by atoms with Crippen LogP contribution in [0.15, 0.2) is 10.4 Å². The van der Waals surface area contributed by atoms with Crippen LogP contribution in [-0.2, 0) is 11.3 Å². The summed E-state index contributed by atoms with van der Waals surface area (Å²) in [7, 11) is 4.89. The number of alkyl halides is 3. The summed E-state index contributed by atoms with van der Waals surface area (Å²) in [6, 6.07) is 0. The molecule has 0 atom stereocenters. The second kappa shape index (κ2) is 11.4. The Kier molecular flexibility index (Phi) is 10.8. The number of hydrogen-bond donors (Lipinski definition) is 2. The summed E-state index contributed by atoms with van der Waals surface area (Å²) in [5, 5.41) is 8.40. The highest BCUT2D eigenvalue weighted by Crippen LogP contribution is 2.18. The molecule has 0 aliphatic carbocycles. The molecular formula is C14H24F3IN6OS. The minimum absolute atomic E-state index is 0. The number of carbonyl (C=O) groups excluding carboxylic acids is 1. The highest BCUT2D eigenvalue weighted by Gasteiger charge is 2.31. The number of aromatic nitrogens is 1. The van der Waals surface area contributed by atoms with E-state index in [0.717, 1.165) is 17.9 Å². The second-order valence-corrected chi connectivity index (χ2v) is 6.27. The maximum Gasteiger partial charge on any atom is 0.406 e. The largest absolute Gasteiger partial charge is 0.406 e. The van der Waals surface area contributed by atoms with Crippen LogP contribution in [0.1, 0.15) is 12.6 Å². The van der Waals surface area contributed by atoms with Crippen LogP contribution in [0.2, 0.25) is 0 Å². The molecule has 0 fully saturated rings. The van der Waals surface area contributed by atoms with Crippen molar-refractivity contribution < 1.29 is 18.0 Å². The molecule has 1 rings (SSSR count). The van der Waals surface area contributed by atoms with Crippen LogP contribution in [0.5, 0.6) is 0 Å². The van der Waals surface area contributed by atoms with Crippen LogP contribution in [0.4, 0.5) is 18.3 Å². The first-order valence-electron chi connectivity index (χ1n) is 7.57. The predicted molar refractivity (Wildman–Crippen MR) is 108 cm³/mol. The van der Waals surface area contributed by atoms with Crippen LogP contribution in [0.3, 0.4) is 0 Å². The van der Waals surface area contributed by atoms with Gasteiger partial charge in [-0.3, -0.25) is 4.79 Å². The van der Waals surface area contributed by atoms with Crippen LogP contribution in [0, 0.1) is 0 Å². The van der Waals surface area contributed by atoms with Gasteiger partial charge in [-0.2, -0.15) is 13.2 Å². The van der Waals surface area contributed by atoms with E-state index >= 15 is 0 Å². The number of likely N-dealkylation sites (N-methyl/N-ethyl adjacent to an activating group) is 1. The van der Waals surface area contributed by atoms with E-state index in [-0.39, 0.29) is 30.5 Å². The number of anilines is 1. The average molecular weight is 508 g/mol. The van der Waals surface area contributed by atoms with Gasteiger partial charge in [0.2, 0.25) is 5.91 Å². The van der Waals surface area contributed by atoms with E-state index in [1.165, 1.54) is 11.3 Å². The van der Waals surface area contributed by atoms with Gasteiger partial charge >= 0.3 is 6.18 Å². The lowest BCUT2D eigenvalue weighted by Gasteiger charge is -2.19. The van der Waals surface area contributed by atoms with Crippen molar-refractivity contribution in [3.63, 3.8) is 0 Å². The molecule has 1 amide bonds. The third-order valence-electron chi connectivity index (χ3n) is 2.91. The molecule has 0 aliphatic heterocycles. The summed E-state index contributed by atoms with van der Waals surface area (Å²) in [6.07, 6.45) is -4.42. The first-order valence-corrected chi connectivity index (χ1v) is 8.45. The third kappa shape index (κ3) is 9.40. The van der Waals surface area contributed by atoms with Gasteiger partial charge in [0, 0.05) is 33.1 Å². The fourth-order valence-corrected chi connectivity index (χ4v) is 2.48. The Bertz CT molecular complexity index is 593. The van der Waals surface area contributed by atoms with Gasteiger partial charge in [-0.05, 0) is 6.92 Å². The zero-order valence-corrected chi connectivity index (χ0v) is 18.2. The second-order valence-electron chi connectivity index (χ2n) is 5.43. The van der Waals surface area contributed by atoms with Gasteiger partial charge in [0.25, 0.3) is 0 Å². The Labute approximate surface area is 172 Å². The van der Waals surface area contributed by atoms with Crippen LogP contribution in [-0.4, -0.2) is 68.7 Å². The van der Waals surface area contributed by atoms with Gasteiger partial charge < -0.3 is 20.4 Å². The molecule has 0 saturated heterocycles. The number of guanidine groups is 1. The molecule has 150 valence electrons. The molecule has 0 aliphatic rings. The Hall–Kier alpha value is -1.31. The smallest absolute Gasteiger partial charge is 0.357 e. The SMILES string of the molecule is CCNC(=NCc1csc(N(C)C)n1)NCC(=O)N(C)CC(F)(F)F.I. The van der Waals surface area contributed by atoms with E-state index in [1.807, 2.05) is 31.3 Å². The summed E-state index contributed by atoms with van der Waals surface area (Å²) < 4.78 is 36.9. The summed E-state index contributed by atoms with van der Waals surface area (Å²) >= 11 is 1.49. The van der Waals surface area contributed by atoms with Crippen molar-refractivity contribution in [3.05, 3.63) is 11.1 Å². The molecular weight excluding hydrogens is 484 g/mol. The van der Waals surface area contributed by atoms with Crippen molar-refractivity contribution in [2.75, 3.05) is 45.7 Å². The lowest BCUT2D eigenvalue weighted by molar-refractivity contribution is -0.157. The molecule has 0 spiro atoms. The predicted octanol–water partition coefficient (Wildman–Crippen LogP) is 1.90. The molecule has 0 radical (unpaired) electrons. The molecule has 0 bridgehead atoms. The average Bonchev–Trinajstić information content (AvgIpc) is 2.97. The summed E-state index contributed by atoms with van der Waals surface area (Å²) in [5.41, 5.74) is 0.770. The van der Waals surface area contributed by atoms with Crippen LogP contribution >= 0.6 is 35.3 Å². The Morgan fingerprint density at radius 2 is 1.96 bits per heavy atom. The maximum atomic E-state index is 12.3. The summed E-state index contributed by atoms with van der Waals surface area (Å²) in [4.78, 5) is 22.9. The lowest BCUT2D eigenvalue weighted by atomic mass is 10.4. The van der Waals surface area contributed by atoms with Gasteiger partial charge in [0.1, 0.15) is 6.54 Å². The number of aliphatic imine (C=N–C) groups is 1. The lowest BCUT2D eigenvalue weighted by Crippen LogP contribution is -2.45. The minimum atomic E-state index is -4.42. The Morgan fingerprint density at radius 1 is 1.31 bits per heavy atom. The zero-order chi connectivity index (χ0) is 19.0. The van der Waals surface area contributed by atoms with Gasteiger partial charge in [-0.15, -0.1) is 35.3 Å². The number of carbonyl (C=O) groups is 1. The molecule has 26 heavy (non-hydrogen) atoms. The number of rotatable bonds is 7. The van der Waals surface area contributed by atoms with Crippen molar-refractivity contribution in [3.8, 4) is 0 Å². The maximum absolute atomic E-state index is 12.3. The standard InChI is InChI=1S/C14H23F3N6OS.HI/c1-5-18-12(19-6-10-8-25-13(21-10)22(2)3)20-7-11(24)23(4)9-14(15,16)17;/h8H,5-7,9H2,1-4H3,(H2,18,19,20);1H. The quantitative estimate of drug-likeness (QED) is 0.335. The fraction of sp³-hybridized carbons (Fsp3) is 0.643. The van der Waals surface area contributed by atoms with Crippen molar-refractivity contribution >= 4 is 52.3 Å². The molecule has 2 N–H and O–H groups in total. The van der Waals surface area contributed by atoms with Gasteiger partial charge in [0.15, 0.2) is 11.1 Å². The van der Waals surface area contributed by atoms with Gasteiger partial charge in [-0.25, -0.2) is 9.98 Å². The van der Waals surface area contributed by atoms with Gasteiger partial charge in [-0.1, -0.05) is 0 Å². The minimum Gasteiger partial charge on any atom is -0.357 e. The van der Waals surface area contributed by atoms with Crippen molar-refractivity contribution in [2.45, 2.75) is 19.6 Å².